The van der Waals surface area contributed by atoms with Gasteiger partial charge in [0.1, 0.15) is 0 Å². The Morgan fingerprint density at radius 1 is 1.59 bits per heavy atom. The lowest BCUT2D eigenvalue weighted by Gasteiger charge is -1.96. The number of halogens is 1. The molecule has 3 nitrogen and oxygen atoms in total. The van der Waals surface area contributed by atoms with E-state index in [1.807, 2.05) is 23.2 Å². The van der Waals surface area contributed by atoms with Crippen LogP contribution in [0.25, 0.3) is 0 Å². The summed E-state index contributed by atoms with van der Waals surface area (Å²) in [5.41, 5.74) is 7.19. The van der Waals surface area contributed by atoms with Crippen LogP contribution in [-0.2, 0) is 6.54 Å². The van der Waals surface area contributed by atoms with E-state index in [1.165, 1.54) is 4.88 Å². The van der Waals surface area contributed by atoms with Crippen LogP contribution in [-0.4, -0.2) is 16.3 Å². The molecule has 2 N–H and O–H groups in total. The van der Waals surface area contributed by atoms with Crippen molar-refractivity contribution >= 4 is 22.9 Å². The highest BCUT2D eigenvalue weighted by Crippen LogP contribution is 2.17. The molecule has 17 heavy (non-hydrogen) atoms. The van der Waals surface area contributed by atoms with E-state index < -0.39 is 0 Å². The zero-order valence-electron chi connectivity index (χ0n) is 9.40. The van der Waals surface area contributed by atoms with Gasteiger partial charge in [0, 0.05) is 22.0 Å². The van der Waals surface area contributed by atoms with Crippen molar-refractivity contribution in [3.63, 3.8) is 0 Å². The van der Waals surface area contributed by atoms with E-state index in [1.54, 1.807) is 11.3 Å². The molecular formula is C12H12ClN3S. The van der Waals surface area contributed by atoms with Crippen molar-refractivity contribution in [3.05, 3.63) is 38.8 Å². The molecular weight excluding hydrogens is 254 g/mol. The van der Waals surface area contributed by atoms with Crippen molar-refractivity contribution in [3.8, 4) is 11.8 Å². The third-order valence-corrected chi connectivity index (χ3v) is 3.49. The van der Waals surface area contributed by atoms with Gasteiger partial charge in [-0.15, -0.1) is 11.3 Å². The maximum atomic E-state index is 5.95. The summed E-state index contributed by atoms with van der Waals surface area (Å²) in [5, 5.41) is 7.03. The van der Waals surface area contributed by atoms with Gasteiger partial charge in [-0.2, -0.15) is 5.10 Å². The predicted molar refractivity (Wildman–Crippen MR) is 71.3 cm³/mol. The van der Waals surface area contributed by atoms with Gasteiger partial charge in [-0.25, -0.2) is 0 Å². The van der Waals surface area contributed by atoms with Crippen LogP contribution in [0.5, 0.6) is 0 Å². The maximum Gasteiger partial charge on any atom is 0.0815 e. The molecule has 2 heterocycles. The second-order valence-electron chi connectivity index (χ2n) is 3.57. The topological polar surface area (TPSA) is 43.8 Å². The zero-order valence-corrected chi connectivity index (χ0v) is 11.0. The first-order chi connectivity index (χ1) is 8.19. The summed E-state index contributed by atoms with van der Waals surface area (Å²) in [6.45, 7) is 3.01. The van der Waals surface area contributed by atoms with Gasteiger partial charge in [0.05, 0.1) is 23.8 Å². The number of aryl methyl sites for hydroxylation is 1. The third kappa shape index (κ3) is 3.10. The summed E-state index contributed by atoms with van der Waals surface area (Å²) in [6, 6.07) is 2.05. The molecule has 2 aromatic heterocycles. The molecule has 0 spiro atoms. The Hall–Kier alpha value is -1.28. The molecule has 0 unspecified atom stereocenters. The standard InChI is InChI=1S/C12H12ClN3S/c1-9-12(13)7-16(15-9)6-11-5-10(8-17-11)3-2-4-14/h5,7-8H,4,6,14H2,1H3. The van der Waals surface area contributed by atoms with Crippen molar-refractivity contribution in [1.29, 1.82) is 0 Å². The number of rotatable bonds is 2. The van der Waals surface area contributed by atoms with E-state index in [2.05, 4.69) is 23.0 Å². The van der Waals surface area contributed by atoms with Gasteiger partial charge in [-0.3, -0.25) is 4.68 Å². The van der Waals surface area contributed by atoms with E-state index >= 15 is 0 Å². The highest BCUT2D eigenvalue weighted by atomic mass is 35.5. The summed E-state index contributed by atoms with van der Waals surface area (Å²) in [4.78, 5) is 1.20. The lowest BCUT2D eigenvalue weighted by Crippen LogP contribution is -1.98. The number of hydrogen-bond donors (Lipinski definition) is 1. The van der Waals surface area contributed by atoms with Gasteiger partial charge in [0.15, 0.2) is 0 Å². The minimum atomic E-state index is 0.388. The fraction of sp³-hybridized carbons (Fsp3) is 0.250. The Bertz CT molecular complexity index is 555. The van der Waals surface area contributed by atoms with Crippen LogP contribution in [0.2, 0.25) is 5.02 Å². The van der Waals surface area contributed by atoms with E-state index in [9.17, 15) is 0 Å². The van der Waals surface area contributed by atoms with Crippen LogP contribution in [0.3, 0.4) is 0 Å². The molecule has 0 radical (unpaired) electrons. The Morgan fingerprint density at radius 2 is 2.41 bits per heavy atom. The highest BCUT2D eigenvalue weighted by Gasteiger charge is 2.04. The first-order valence-electron chi connectivity index (χ1n) is 5.15. The monoisotopic (exact) mass is 265 g/mol. The number of aromatic nitrogens is 2. The fourth-order valence-electron chi connectivity index (χ4n) is 1.42. The average molecular weight is 266 g/mol. The van der Waals surface area contributed by atoms with E-state index in [0.29, 0.717) is 11.6 Å². The van der Waals surface area contributed by atoms with Gasteiger partial charge < -0.3 is 5.73 Å². The van der Waals surface area contributed by atoms with Crippen molar-refractivity contribution < 1.29 is 0 Å². The number of hydrogen-bond acceptors (Lipinski definition) is 3. The zero-order chi connectivity index (χ0) is 12.3. The largest absolute Gasteiger partial charge is 0.320 e. The van der Waals surface area contributed by atoms with E-state index in [-0.39, 0.29) is 0 Å². The Balaban J connectivity index is 2.11. The minimum absolute atomic E-state index is 0.388. The molecule has 0 aliphatic rings. The van der Waals surface area contributed by atoms with Gasteiger partial charge in [-0.05, 0) is 13.0 Å². The van der Waals surface area contributed by atoms with Crippen LogP contribution in [0, 0.1) is 18.8 Å². The summed E-state index contributed by atoms with van der Waals surface area (Å²) in [7, 11) is 0. The highest BCUT2D eigenvalue weighted by molar-refractivity contribution is 7.10. The molecule has 0 atom stereocenters. The van der Waals surface area contributed by atoms with Crippen LogP contribution < -0.4 is 5.73 Å². The van der Waals surface area contributed by atoms with Gasteiger partial charge in [0.25, 0.3) is 0 Å². The quantitative estimate of drug-likeness (QED) is 0.847. The average Bonchev–Trinajstić information content (AvgIpc) is 2.85. The van der Waals surface area contributed by atoms with Gasteiger partial charge >= 0.3 is 0 Å². The first kappa shape index (κ1) is 12.2. The molecule has 0 saturated heterocycles. The number of nitrogens with two attached hydrogens (primary N) is 1. The fourth-order valence-corrected chi connectivity index (χ4v) is 2.37. The van der Waals surface area contributed by atoms with Crippen molar-refractivity contribution in [2.45, 2.75) is 13.5 Å². The van der Waals surface area contributed by atoms with Crippen LogP contribution >= 0.6 is 22.9 Å². The summed E-state index contributed by atoms with van der Waals surface area (Å²) >= 11 is 7.62. The van der Waals surface area contributed by atoms with E-state index in [0.717, 1.165) is 17.8 Å². The van der Waals surface area contributed by atoms with Crippen molar-refractivity contribution in [2.24, 2.45) is 5.73 Å². The normalized spacial score (nSPS) is 10.1. The molecule has 5 heteroatoms. The predicted octanol–water partition coefficient (Wildman–Crippen LogP) is 2.26. The molecule has 0 saturated carbocycles. The van der Waals surface area contributed by atoms with Gasteiger partial charge in [-0.1, -0.05) is 23.4 Å². The molecule has 0 bridgehead atoms. The molecule has 88 valence electrons. The van der Waals surface area contributed by atoms with Crippen LogP contribution in [0.4, 0.5) is 0 Å². The van der Waals surface area contributed by atoms with Crippen LogP contribution in [0.1, 0.15) is 16.1 Å². The molecule has 0 fully saturated rings. The molecule has 2 aromatic rings. The summed E-state index contributed by atoms with van der Waals surface area (Å²) in [6.07, 6.45) is 1.84. The molecule has 0 aromatic carbocycles. The van der Waals surface area contributed by atoms with Crippen molar-refractivity contribution in [2.75, 3.05) is 6.54 Å². The smallest absolute Gasteiger partial charge is 0.0815 e. The number of thiophene rings is 1. The second kappa shape index (κ2) is 5.37. The SMILES string of the molecule is Cc1nn(Cc2cc(C#CCN)cs2)cc1Cl. The Labute approximate surface area is 109 Å². The van der Waals surface area contributed by atoms with Gasteiger partial charge in [0.2, 0.25) is 0 Å². The molecule has 0 aliphatic carbocycles. The molecule has 0 amide bonds. The summed E-state index contributed by atoms with van der Waals surface area (Å²) < 4.78 is 1.84. The minimum Gasteiger partial charge on any atom is -0.320 e. The Morgan fingerprint density at radius 3 is 3.06 bits per heavy atom. The summed E-state index contributed by atoms with van der Waals surface area (Å²) in [5.74, 6) is 5.84. The first-order valence-corrected chi connectivity index (χ1v) is 6.40. The molecule has 0 aliphatic heterocycles. The van der Waals surface area contributed by atoms with Crippen molar-refractivity contribution in [1.82, 2.24) is 9.78 Å². The maximum absolute atomic E-state index is 5.95. The van der Waals surface area contributed by atoms with E-state index in [4.69, 9.17) is 17.3 Å². The Kier molecular flexibility index (Phi) is 3.85. The second-order valence-corrected chi connectivity index (χ2v) is 4.97. The third-order valence-electron chi connectivity index (χ3n) is 2.19. The van der Waals surface area contributed by atoms with Crippen LogP contribution in [0.15, 0.2) is 17.6 Å². The number of nitrogens with zero attached hydrogens (tertiary/aromatic N) is 2. The lowest BCUT2D eigenvalue weighted by molar-refractivity contribution is 0.687. The lowest BCUT2D eigenvalue weighted by atomic mass is 10.3. The molecule has 2 rings (SSSR count).